The van der Waals surface area contributed by atoms with E-state index in [2.05, 4.69) is 44.2 Å². The number of aliphatic imine (C=N–C) groups is 1. The van der Waals surface area contributed by atoms with Gasteiger partial charge in [-0.25, -0.2) is 14.2 Å². The Hall–Kier alpha value is -3.05. The Morgan fingerprint density at radius 2 is 1.76 bits per heavy atom. The van der Waals surface area contributed by atoms with Crippen LogP contribution in [0, 0.1) is 5.82 Å². The van der Waals surface area contributed by atoms with E-state index in [1.807, 2.05) is 6.92 Å². The van der Waals surface area contributed by atoms with Crippen LogP contribution in [-0.4, -0.2) is 67.4 Å². The van der Waals surface area contributed by atoms with Gasteiger partial charge in [0.2, 0.25) is 5.91 Å². The van der Waals surface area contributed by atoms with Crippen molar-refractivity contribution in [1.29, 1.82) is 0 Å². The number of carbonyl (C=O) groups is 3. The highest BCUT2D eigenvalue weighted by atomic mass is 28.4. The van der Waals surface area contributed by atoms with E-state index in [0.29, 0.717) is 44.5 Å². The van der Waals surface area contributed by atoms with Gasteiger partial charge in [0.1, 0.15) is 17.3 Å². The van der Waals surface area contributed by atoms with Crippen molar-refractivity contribution < 1.29 is 33.0 Å². The van der Waals surface area contributed by atoms with Gasteiger partial charge < -0.3 is 19.2 Å². The van der Waals surface area contributed by atoms with Crippen molar-refractivity contribution in [3.63, 3.8) is 0 Å². The van der Waals surface area contributed by atoms with E-state index in [1.54, 1.807) is 25.7 Å². The molecular weight excluding hydrogens is 557 g/mol. The molecule has 1 aliphatic carbocycles. The molecule has 1 aromatic carbocycles. The number of carbonyl (C=O) groups excluding carboxylic acids is 2. The number of nitrogens with zero attached hydrogens (tertiary/aromatic N) is 2. The van der Waals surface area contributed by atoms with Crippen LogP contribution in [0.15, 0.2) is 22.7 Å². The minimum absolute atomic E-state index is 0.0227. The first-order chi connectivity index (χ1) is 19.3. The zero-order chi connectivity index (χ0) is 31.7. The van der Waals surface area contributed by atoms with Crippen molar-refractivity contribution in [2.45, 2.75) is 103 Å². The molecule has 232 valence electrons. The van der Waals surface area contributed by atoms with Crippen molar-refractivity contribution >= 4 is 43.9 Å². The molecule has 11 heteroatoms. The minimum Gasteiger partial charge on any atom is -0.481 e. The molecule has 2 N–H and O–H groups in total. The quantitative estimate of drug-likeness (QED) is 0.309. The molecule has 2 aliphatic rings. The van der Waals surface area contributed by atoms with Gasteiger partial charge in [0, 0.05) is 30.6 Å². The highest BCUT2D eigenvalue weighted by molar-refractivity contribution is 6.74. The summed E-state index contributed by atoms with van der Waals surface area (Å²) in [6, 6.07) is 2.76. The maximum atomic E-state index is 15.6. The van der Waals surface area contributed by atoms with E-state index in [1.165, 1.54) is 18.2 Å². The van der Waals surface area contributed by atoms with E-state index in [0.717, 1.165) is 0 Å². The minimum atomic E-state index is -2.03. The molecule has 42 heavy (non-hydrogen) atoms. The van der Waals surface area contributed by atoms with Gasteiger partial charge in [-0.15, -0.1) is 0 Å². The van der Waals surface area contributed by atoms with Crippen molar-refractivity contribution in [3.05, 3.63) is 34.6 Å². The maximum absolute atomic E-state index is 15.6. The van der Waals surface area contributed by atoms with Crippen LogP contribution in [0.5, 0.6) is 0 Å². The molecule has 0 atom stereocenters. The average molecular weight is 604 g/mol. The Morgan fingerprint density at radius 1 is 1.12 bits per heavy atom. The number of ether oxygens (including phenoxy) is 1. The first-order valence-corrected chi connectivity index (χ1v) is 17.5. The molecule has 1 fully saturated rings. The average Bonchev–Trinajstić information content (AvgIpc) is 3.65. The Morgan fingerprint density at radius 3 is 2.29 bits per heavy atom. The first kappa shape index (κ1) is 33.4. The molecular formula is C31H46FN3O6Si. The molecule has 0 spiro atoms. The molecule has 1 saturated carbocycles. The zero-order valence-corrected chi connectivity index (χ0v) is 27.4. The lowest BCUT2D eigenvalue weighted by Gasteiger charge is -2.37. The molecule has 3 rings (SSSR count). The summed E-state index contributed by atoms with van der Waals surface area (Å²) in [6.45, 7) is 19.1. The van der Waals surface area contributed by atoms with Crippen LogP contribution in [0.1, 0.15) is 85.3 Å². The van der Waals surface area contributed by atoms with E-state index in [-0.39, 0.29) is 40.0 Å². The predicted octanol–water partition coefficient (Wildman–Crippen LogP) is 6.54. The highest BCUT2D eigenvalue weighted by Gasteiger charge is 2.52. The number of halogens is 1. The number of alkyl carbamates (subject to hydrolysis) is 1. The summed E-state index contributed by atoms with van der Waals surface area (Å²) in [4.78, 5) is 44.8. The number of carboxylic acid groups (broad SMARTS) is 1. The van der Waals surface area contributed by atoms with Crippen molar-refractivity contribution in [1.82, 2.24) is 10.2 Å². The molecule has 2 amide bonds. The van der Waals surface area contributed by atoms with Gasteiger partial charge in [0.25, 0.3) is 0 Å². The summed E-state index contributed by atoms with van der Waals surface area (Å²) in [5, 5.41) is 12.4. The summed E-state index contributed by atoms with van der Waals surface area (Å²) < 4.78 is 27.3. The second-order valence-electron chi connectivity index (χ2n) is 13.7. The molecule has 0 aromatic heterocycles. The van der Waals surface area contributed by atoms with Gasteiger partial charge in [-0.05, 0) is 81.9 Å². The maximum Gasteiger partial charge on any atom is 0.413 e. The fourth-order valence-corrected chi connectivity index (χ4v) is 5.54. The van der Waals surface area contributed by atoms with Crippen LogP contribution in [0.3, 0.4) is 0 Å². The summed E-state index contributed by atoms with van der Waals surface area (Å²) in [5.41, 5.74) is -1.16. The summed E-state index contributed by atoms with van der Waals surface area (Å²) in [6.07, 6.45) is 2.13. The number of hydrogen-bond donors (Lipinski definition) is 2. The zero-order valence-electron chi connectivity index (χ0n) is 26.4. The largest absolute Gasteiger partial charge is 0.481 e. The normalized spacial score (nSPS) is 16.4. The number of amides is 2. The number of rotatable bonds is 9. The van der Waals surface area contributed by atoms with Crippen molar-refractivity contribution in [2.75, 3.05) is 19.7 Å². The van der Waals surface area contributed by atoms with Crippen LogP contribution in [0.2, 0.25) is 18.1 Å². The Labute approximate surface area is 249 Å². The number of amidine groups is 1. The number of fused-ring (bicyclic) bond motifs is 1. The lowest BCUT2D eigenvalue weighted by atomic mass is 9.93. The van der Waals surface area contributed by atoms with E-state index in [4.69, 9.17) is 9.16 Å². The summed E-state index contributed by atoms with van der Waals surface area (Å²) >= 11 is 0. The third kappa shape index (κ3) is 7.86. The van der Waals surface area contributed by atoms with E-state index >= 15 is 4.39 Å². The molecule has 0 bridgehead atoms. The second kappa shape index (κ2) is 12.3. The number of benzene rings is 1. The van der Waals surface area contributed by atoms with Gasteiger partial charge in [-0.2, -0.15) is 0 Å². The van der Waals surface area contributed by atoms with Crippen LogP contribution >= 0.6 is 0 Å². The third-order valence-electron chi connectivity index (χ3n) is 8.08. The fourth-order valence-electron chi connectivity index (χ4n) is 4.50. The Kier molecular flexibility index (Phi) is 9.78. The Bertz CT molecular complexity index is 1290. The standard InChI is InChI=1S/C31H46FN3O6Si/c1-10-13-35(14-15-40-42(8,9)30(5,6)7)26(36)20-16-22-23(32)18-21(31(11-12-31)27(37)38)19-24(22)33-25(17-20)34-28(39)41-29(2,3)4/h16,18-19H,10-15,17H2,1-9H3,(H,37,38)(H,33,34,39). The molecule has 1 aliphatic heterocycles. The molecule has 9 nitrogen and oxygen atoms in total. The van der Waals surface area contributed by atoms with Crippen LogP contribution in [0.25, 0.3) is 6.08 Å². The molecule has 0 saturated heterocycles. The lowest BCUT2D eigenvalue weighted by Crippen LogP contribution is -2.44. The monoisotopic (exact) mass is 603 g/mol. The van der Waals surface area contributed by atoms with Crippen molar-refractivity contribution in [2.24, 2.45) is 4.99 Å². The number of aliphatic carboxylic acids is 1. The van der Waals surface area contributed by atoms with Gasteiger partial charge in [-0.1, -0.05) is 27.7 Å². The SMILES string of the molecule is CCCN(CCO[Si](C)(C)C(C)(C)C)C(=O)C1=Cc2c(F)cc(C3(C(=O)O)CC3)cc2N=C(NC(=O)OC(C)(C)C)C1. The number of carboxylic acids is 1. The van der Waals surface area contributed by atoms with Gasteiger partial charge in [-0.3, -0.25) is 14.9 Å². The fraction of sp³-hybridized carbons (Fsp3) is 0.613. The van der Waals surface area contributed by atoms with E-state index in [9.17, 15) is 19.5 Å². The molecule has 1 heterocycles. The van der Waals surface area contributed by atoms with Crippen LogP contribution in [-0.2, 0) is 24.2 Å². The molecule has 0 unspecified atom stereocenters. The molecule has 0 radical (unpaired) electrons. The topological polar surface area (TPSA) is 118 Å². The van der Waals surface area contributed by atoms with Gasteiger partial charge in [0.15, 0.2) is 8.32 Å². The van der Waals surface area contributed by atoms with Crippen LogP contribution < -0.4 is 5.32 Å². The van der Waals surface area contributed by atoms with Crippen LogP contribution in [0.4, 0.5) is 14.9 Å². The second-order valence-corrected chi connectivity index (χ2v) is 18.5. The number of hydrogen-bond acceptors (Lipinski definition) is 6. The number of nitrogens with one attached hydrogen (secondary N) is 1. The molecule has 1 aromatic rings. The summed E-state index contributed by atoms with van der Waals surface area (Å²) in [7, 11) is -2.03. The van der Waals surface area contributed by atoms with Crippen molar-refractivity contribution in [3.8, 4) is 0 Å². The van der Waals surface area contributed by atoms with E-state index < -0.39 is 37.2 Å². The summed E-state index contributed by atoms with van der Waals surface area (Å²) in [5.74, 6) is -1.90. The lowest BCUT2D eigenvalue weighted by molar-refractivity contribution is -0.140. The first-order valence-electron chi connectivity index (χ1n) is 14.6. The Balaban J connectivity index is 1.99. The smallest absolute Gasteiger partial charge is 0.413 e. The van der Waals surface area contributed by atoms with Gasteiger partial charge in [0.05, 0.1) is 17.7 Å². The van der Waals surface area contributed by atoms with Gasteiger partial charge >= 0.3 is 12.1 Å². The highest BCUT2D eigenvalue weighted by Crippen LogP contribution is 2.50. The third-order valence-corrected chi connectivity index (χ3v) is 12.6. The predicted molar refractivity (Wildman–Crippen MR) is 164 cm³/mol.